The highest BCUT2D eigenvalue weighted by Gasteiger charge is 2.17. The number of carbonyl (C=O) groups is 1. The quantitative estimate of drug-likeness (QED) is 0.250. The maximum atomic E-state index is 14.4. The molecule has 0 spiro atoms. The molecular weight excluding hydrogens is 430 g/mol. The minimum Gasteiger partial charge on any atom is -0.462 e. The lowest BCUT2D eigenvalue weighted by Crippen LogP contribution is -2.05. The van der Waals surface area contributed by atoms with Crippen molar-refractivity contribution in [3.63, 3.8) is 0 Å². The second-order valence-corrected chi connectivity index (χ2v) is 8.29. The predicted molar refractivity (Wildman–Crippen MR) is 122 cm³/mol. The van der Waals surface area contributed by atoms with Gasteiger partial charge in [-0.3, -0.25) is 0 Å². The number of nitrogens with zero attached hydrogens (tertiary/aromatic N) is 2. The molecular formula is C25H22F2N2O2S. The van der Waals surface area contributed by atoms with E-state index in [1.165, 1.54) is 18.7 Å². The highest BCUT2D eigenvalue weighted by molar-refractivity contribution is 7.98. The van der Waals surface area contributed by atoms with Crippen molar-refractivity contribution >= 4 is 28.8 Å². The number of hydrogen-bond donors (Lipinski definition) is 0. The van der Waals surface area contributed by atoms with Crippen LogP contribution in [0.3, 0.4) is 0 Å². The Morgan fingerprint density at radius 2 is 1.84 bits per heavy atom. The third-order valence-electron chi connectivity index (χ3n) is 5.12. The Labute approximate surface area is 189 Å². The van der Waals surface area contributed by atoms with E-state index < -0.39 is 17.6 Å². The largest absolute Gasteiger partial charge is 0.462 e. The molecule has 0 saturated heterocycles. The molecule has 32 heavy (non-hydrogen) atoms. The smallest absolute Gasteiger partial charge is 0.338 e. The van der Waals surface area contributed by atoms with Crippen LogP contribution < -0.4 is 0 Å². The molecule has 0 amide bonds. The maximum absolute atomic E-state index is 14.4. The van der Waals surface area contributed by atoms with E-state index in [4.69, 9.17) is 9.72 Å². The minimum atomic E-state index is -0.826. The third-order valence-corrected chi connectivity index (χ3v) is 6.15. The molecule has 4 rings (SSSR count). The van der Waals surface area contributed by atoms with Crippen LogP contribution in [0.15, 0.2) is 65.8 Å². The zero-order valence-corrected chi connectivity index (χ0v) is 18.6. The first-order chi connectivity index (χ1) is 15.5. The number of aryl methyl sites for hydroxylation is 1. The molecule has 1 heterocycles. The third kappa shape index (κ3) is 4.53. The van der Waals surface area contributed by atoms with Gasteiger partial charge in [0.25, 0.3) is 0 Å². The van der Waals surface area contributed by atoms with Crippen LogP contribution >= 0.6 is 11.8 Å². The molecule has 3 aromatic carbocycles. The Hall–Kier alpha value is -3.19. The molecule has 0 fully saturated rings. The first kappa shape index (κ1) is 22.0. The summed E-state index contributed by atoms with van der Waals surface area (Å²) in [6.45, 7) is 4.14. The van der Waals surface area contributed by atoms with Gasteiger partial charge in [-0.05, 0) is 43.2 Å². The number of esters is 1. The second-order valence-electron chi connectivity index (χ2n) is 7.35. The number of fused-ring (bicyclic) bond motifs is 1. The summed E-state index contributed by atoms with van der Waals surface area (Å²) >= 11 is 1.33. The number of carbonyl (C=O) groups excluding carboxylic acids is 1. The Balaban J connectivity index is 1.71. The van der Waals surface area contributed by atoms with Gasteiger partial charge in [-0.1, -0.05) is 54.2 Å². The van der Waals surface area contributed by atoms with Gasteiger partial charge in [0.1, 0.15) is 0 Å². The Morgan fingerprint density at radius 1 is 1.06 bits per heavy atom. The van der Waals surface area contributed by atoms with Gasteiger partial charge >= 0.3 is 5.97 Å². The Morgan fingerprint density at radius 3 is 2.59 bits per heavy atom. The van der Waals surface area contributed by atoms with Crippen LogP contribution in [-0.4, -0.2) is 22.1 Å². The minimum absolute atomic E-state index is 0.228. The van der Waals surface area contributed by atoms with E-state index in [0.717, 1.165) is 11.1 Å². The van der Waals surface area contributed by atoms with Crippen LogP contribution in [0.5, 0.6) is 0 Å². The standard InChI is InChI=1S/C25H22F2N2O2S/c1-3-31-24(30)18-11-12-21-20(13-18)28-25(29(21)14-17-7-5-4-6-8-17)32-15-19-10-9-16(2)22(26)23(19)27/h4-13H,3,14-15H2,1-2H3. The fourth-order valence-electron chi connectivity index (χ4n) is 3.42. The van der Waals surface area contributed by atoms with Crippen LogP contribution in [-0.2, 0) is 17.0 Å². The molecule has 4 nitrogen and oxygen atoms in total. The maximum Gasteiger partial charge on any atom is 0.338 e. The van der Waals surface area contributed by atoms with E-state index in [9.17, 15) is 13.6 Å². The van der Waals surface area contributed by atoms with Crippen LogP contribution in [0.4, 0.5) is 8.78 Å². The zero-order valence-electron chi connectivity index (χ0n) is 17.8. The van der Waals surface area contributed by atoms with Crippen LogP contribution in [0, 0.1) is 18.6 Å². The molecule has 0 radical (unpaired) electrons. The van der Waals surface area contributed by atoms with Gasteiger partial charge in [0, 0.05) is 11.3 Å². The van der Waals surface area contributed by atoms with Crippen molar-refractivity contribution in [2.45, 2.75) is 31.3 Å². The summed E-state index contributed by atoms with van der Waals surface area (Å²) in [5.74, 6) is -1.82. The number of imidazole rings is 1. The molecule has 164 valence electrons. The number of hydrogen-bond acceptors (Lipinski definition) is 4. The molecule has 0 atom stereocenters. The fraction of sp³-hybridized carbons (Fsp3) is 0.200. The molecule has 0 N–H and O–H groups in total. The van der Waals surface area contributed by atoms with Crippen molar-refractivity contribution in [3.05, 3.63) is 94.6 Å². The van der Waals surface area contributed by atoms with Crippen LogP contribution in [0.25, 0.3) is 11.0 Å². The molecule has 0 unspecified atom stereocenters. The van der Waals surface area contributed by atoms with Crippen molar-refractivity contribution < 1.29 is 18.3 Å². The zero-order chi connectivity index (χ0) is 22.7. The van der Waals surface area contributed by atoms with Gasteiger partial charge in [-0.25, -0.2) is 18.6 Å². The first-order valence-corrected chi connectivity index (χ1v) is 11.2. The van der Waals surface area contributed by atoms with Crippen molar-refractivity contribution in [1.82, 2.24) is 9.55 Å². The molecule has 0 saturated carbocycles. The summed E-state index contributed by atoms with van der Waals surface area (Å²) in [5.41, 5.74) is 3.55. The van der Waals surface area contributed by atoms with Crippen molar-refractivity contribution in [3.8, 4) is 0 Å². The van der Waals surface area contributed by atoms with Crippen molar-refractivity contribution in [2.75, 3.05) is 6.61 Å². The highest BCUT2D eigenvalue weighted by Crippen LogP contribution is 2.30. The first-order valence-electron chi connectivity index (χ1n) is 10.3. The van der Waals surface area contributed by atoms with Gasteiger partial charge in [-0.15, -0.1) is 0 Å². The van der Waals surface area contributed by atoms with Crippen molar-refractivity contribution in [1.29, 1.82) is 0 Å². The molecule has 1 aromatic heterocycles. The van der Waals surface area contributed by atoms with Gasteiger partial charge < -0.3 is 9.30 Å². The number of ether oxygens (including phenoxy) is 1. The van der Waals surface area contributed by atoms with Gasteiger partial charge in [-0.2, -0.15) is 0 Å². The highest BCUT2D eigenvalue weighted by atomic mass is 32.2. The number of rotatable bonds is 7. The van der Waals surface area contributed by atoms with Crippen LogP contribution in [0.1, 0.15) is 34.0 Å². The molecule has 0 aliphatic heterocycles. The lowest BCUT2D eigenvalue weighted by molar-refractivity contribution is 0.0526. The molecule has 0 aliphatic carbocycles. The Kier molecular flexibility index (Phi) is 6.55. The average Bonchev–Trinajstić information content (AvgIpc) is 3.14. The number of aromatic nitrogens is 2. The normalized spacial score (nSPS) is 11.1. The summed E-state index contributed by atoms with van der Waals surface area (Å²) in [6.07, 6.45) is 0. The van der Waals surface area contributed by atoms with E-state index >= 15 is 0 Å². The predicted octanol–water partition coefficient (Wildman–Crippen LogP) is 6.14. The van der Waals surface area contributed by atoms with E-state index in [-0.39, 0.29) is 16.9 Å². The molecule has 7 heteroatoms. The number of halogens is 2. The number of benzene rings is 3. The molecule has 0 bridgehead atoms. The van der Waals surface area contributed by atoms with E-state index in [1.54, 1.807) is 31.2 Å². The second kappa shape index (κ2) is 9.53. The molecule has 4 aromatic rings. The SMILES string of the molecule is CCOC(=O)c1ccc2c(c1)nc(SCc1ccc(C)c(F)c1F)n2Cc1ccccc1. The van der Waals surface area contributed by atoms with E-state index in [2.05, 4.69) is 0 Å². The Bertz CT molecular complexity index is 1270. The lowest BCUT2D eigenvalue weighted by Gasteiger charge is -2.10. The van der Waals surface area contributed by atoms with Gasteiger partial charge in [0.05, 0.1) is 29.7 Å². The number of thioether (sulfide) groups is 1. The van der Waals surface area contributed by atoms with Crippen LogP contribution in [0.2, 0.25) is 0 Å². The van der Waals surface area contributed by atoms with Gasteiger partial charge in [0.2, 0.25) is 0 Å². The van der Waals surface area contributed by atoms with E-state index in [0.29, 0.717) is 29.4 Å². The fourth-order valence-corrected chi connectivity index (χ4v) is 4.41. The van der Waals surface area contributed by atoms with Crippen molar-refractivity contribution in [2.24, 2.45) is 0 Å². The summed E-state index contributed by atoms with van der Waals surface area (Å²) in [5, 5.41) is 0.658. The summed E-state index contributed by atoms with van der Waals surface area (Å²) < 4.78 is 35.5. The summed E-state index contributed by atoms with van der Waals surface area (Å²) in [4.78, 5) is 16.8. The average molecular weight is 453 g/mol. The lowest BCUT2D eigenvalue weighted by atomic mass is 10.1. The summed E-state index contributed by atoms with van der Waals surface area (Å²) in [7, 11) is 0. The van der Waals surface area contributed by atoms with Gasteiger partial charge in [0.15, 0.2) is 16.8 Å². The van der Waals surface area contributed by atoms with E-state index in [1.807, 2.05) is 41.0 Å². The topological polar surface area (TPSA) is 44.1 Å². The monoisotopic (exact) mass is 452 g/mol. The molecule has 0 aliphatic rings. The summed E-state index contributed by atoms with van der Waals surface area (Å²) in [6, 6.07) is 18.3.